The number of halogens is 1. The van der Waals surface area contributed by atoms with Gasteiger partial charge < -0.3 is 29.0 Å². The summed E-state index contributed by atoms with van der Waals surface area (Å²) in [7, 11) is 0. The number of amides is 1. The summed E-state index contributed by atoms with van der Waals surface area (Å²) in [6.07, 6.45) is 1.53. The smallest absolute Gasteiger partial charge is 0.289 e. The van der Waals surface area contributed by atoms with Gasteiger partial charge in [0.15, 0.2) is 23.2 Å². The van der Waals surface area contributed by atoms with E-state index in [4.69, 9.17) is 18.9 Å². The molecule has 0 aliphatic carbocycles. The maximum Gasteiger partial charge on any atom is 0.289 e. The molecule has 1 amide bonds. The van der Waals surface area contributed by atoms with E-state index in [0.717, 1.165) is 42.7 Å². The summed E-state index contributed by atoms with van der Waals surface area (Å²) < 4.78 is 16.2. The number of carbonyl (C=O) groups is 1. The second-order valence-electron chi connectivity index (χ2n) is 8.38. The van der Waals surface area contributed by atoms with Gasteiger partial charge in [-0.1, -0.05) is 19.9 Å². The summed E-state index contributed by atoms with van der Waals surface area (Å²) in [6.45, 7) is 10.8. The van der Waals surface area contributed by atoms with Crippen LogP contribution in [0.2, 0.25) is 0 Å². The Morgan fingerprint density at radius 3 is 2.50 bits per heavy atom. The van der Waals surface area contributed by atoms with Crippen molar-refractivity contribution < 1.29 is 18.7 Å². The number of carbonyl (C=O) groups excluding carboxylic acids is 1. The van der Waals surface area contributed by atoms with Crippen molar-refractivity contribution in [2.45, 2.75) is 26.2 Å². The van der Waals surface area contributed by atoms with Crippen molar-refractivity contribution in [2.24, 2.45) is 4.99 Å². The number of guanidine groups is 1. The predicted octanol–water partition coefficient (Wildman–Crippen LogP) is 3.33. The topological polar surface area (TPSA) is 79.5 Å². The summed E-state index contributed by atoms with van der Waals surface area (Å²) in [5, 5.41) is 3.40. The Labute approximate surface area is 206 Å². The third-order valence-corrected chi connectivity index (χ3v) is 5.71. The van der Waals surface area contributed by atoms with E-state index < -0.39 is 0 Å². The number of hydrogen-bond acceptors (Lipinski definition) is 5. The van der Waals surface area contributed by atoms with Crippen LogP contribution in [0.3, 0.4) is 0 Å². The highest BCUT2D eigenvalue weighted by atomic mass is 127. The fourth-order valence-corrected chi connectivity index (χ4v) is 3.78. The molecule has 174 valence electrons. The van der Waals surface area contributed by atoms with E-state index in [0.29, 0.717) is 25.4 Å². The predicted molar refractivity (Wildman–Crippen MR) is 133 cm³/mol. The van der Waals surface area contributed by atoms with Gasteiger partial charge >= 0.3 is 0 Å². The van der Waals surface area contributed by atoms with Gasteiger partial charge in [-0.3, -0.25) is 9.79 Å². The molecule has 1 saturated heterocycles. The number of piperazine rings is 1. The van der Waals surface area contributed by atoms with Crippen LogP contribution in [0.1, 0.15) is 36.9 Å². The Morgan fingerprint density at radius 2 is 1.81 bits per heavy atom. The minimum Gasteiger partial charge on any atom is -0.459 e. The Kier molecular flexibility index (Phi) is 7.91. The molecule has 0 bridgehead atoms. The summed E-state index contributed by atoms with van der Waals surface area (Å²) >= 11 is 0. The maximum absolute atomic E-state index is 12.5. The molecule has 0 atom stereocenters. The first-order chi connectivity index (χ1) is 15.0. The lowest BCUT2D eigenvalue weighted by Crippen LogP contribution is -2.54. The van der Waals surface area contributed by atoms with E-state index in [9.17, 15) is 4.79 Å². The molecule has 0 unspecified atom stereocenters. The lowest BCUT2D eigenvalue weighted by atomic mass is 9.84. The molecule has 2 aliphatic heterocycles. The first-order valence-electron chi connectivity index (χ1n) is 10.7. The molecule has 0 saturated carbocycles. The molecule has 1 fully saturated rings. The lowest BCUT2D eigenvalue weighted by Gasteiger charge is -2.36. The van der Waals surface area contributed by atoms with Crippen molar-refractivity contribution in [3.8, 4) is 11.5 Å². The number of ether oxygens (including phenoxy) is 2. The Hall–Kier alpha value is -2.43. The highest BCUT2D eigenvalue weighted by molar-refractivity contribution is 14.0. The van der Waals surface area contributed by atoms with E-state index in [2.05, 4.69) is 37.1 Å². The third-order valence-electron chi connectivity index (χ3n) is 5.71. The standard InChI is InChI=1S/C23H30N4O4.HI/c1-4-24-22(27-11-9-26(10-12-27)21(28)19-6-5-13-29-19)25-15-23(2,3)17-7-8-18-20(14-17)31-16-30-18;/h5-8,13-14H,4,9-12,15-16H2,1-3H3,(H,24,25);1H. The molecule has 4 rings (SSSR count). The molecular weight excluding hydrogens is 523 g/mol. The molecule has 0 spiro atoms. The van der Waals surface area contributed by atoms with E-state index in [-0.39, 0.29) is 42.1 Å². The van der Waals surface area contributed by atoms with Crippen LogP contribution < -0.4 is 14.8 Å². The number of rotatable bonds is 5. The van der Waals surface area contributed by atoms with Gasteiger partial charge in [0, 0.05) is 38.1 Å². The van der Waals surface area contributed by atoms with Gasteiger partial charge in [0.1, 0.15) is 0 Å². The van der Waals surface area contributed by atoms with Gasteiger partial charge in [0.2, 0.25) is 6.79 Å². The number of nitrogens with one attached hydrogen (secondary N) is 1. The normalized spacial score (nSPS) is 16.0. The van der Waals surface area contributed by atoms with Gasteiger partial charge in [-0.15, -0.1) is 24.0 Å². The summed E-state index contributed by atoms with van der Waals surface area (Å²) in [5.41, 5.74) is 0.990. The molecular formula is C23H31IN4O4. The van der Waals surface area contributed by atoms with Crippen molar-refractivity contribution in [3.05, 3.63) is 47.9 Å². The van der Waals surface area contributed by atoms with E-state index in [1.807, 2.05) is 17.0 Å². The van der Waals surface area contributed by atoms with Crippen LogP contribution in [0.25, 0.3) is 0 Å². The van der Waals surface area contributed by atoms with Crippen LogP contribution in [0.15, 0.2) is 46.0 Å². The fourth-order valence-electron chi connectivity index (χ4n) is 3.78. The molecule has 2 aliphatic rings. The molecule has 3 heterocycles. The summed E-state index contributed by atoms with van der Waals surface area (Å²) in [6, 6.07) is 9.53. The molecule has 0 radical (unpaired) electrons. The largest absolute Gasteiger partial charge is 0.459 e. The highest BCUT2D eigenvalue weighted by Crippen LogP contribution is 2.36. The lowest BCUT2D eigenvalue weighted by molar-refractivity contribution is 0.0657. The third kappa shape index (κ3) is 5.31. The molecule has 32 heavy (non-hydrogen) atoms. The zero-order valence-electron chi connectivity index (χ0n) is 18.8. The van der Waals surface area contributed by atoms with Crippen molar-refractivity contribution in [2.75, 3.05) is 46.1 Å². The van der Waals surface area contributed by atoms with Crippen LogP contribution >= 0.6 is 24.0 Å². The number of fused-ring (bicyclic) bond motifs is 1. The highest BCUT2D eigenvalue weighted by Gasteiger charge is 2.27. The Morgan fingerprint density at radius 1 is 1.09 bits per heavy atom. The average molecular weight is 554 g/mol. The SMILES string of the molecule is CCNC(=NCC(C)(C)c1ccc2c(c1)OCO2)N1CCN(C(=O)c2ccco2)CC1.I. The Balaban J connectivity index is 0.00000289. The van der Waals surface area contributed by atoms with Gasteiger partial charge in [-0.05, 0) is 36.8 Å². The zero-order valence-corrected chi connectivity index (χ0v) is 21.1. The van der Waals surface area contributed by atoms with Crippen molar-refractivity contribution in [1.29, 1.82) is 0 Å². The van der Waals surface area contributed by atoms with Crippen LogP contribution in [0.5, 0.6) is 11.5 Å². The second kappa shape index (κ2) is 10.5. The second-order valence-corrected chi connectivity index (χ2v) is 8.38. The quantitative estimate of drug-likeness (QED) is 0.347. The number of aliphatic imine (C=N–C) groups is 1. The summed E-state index contributed by atoms with van der Waals surface area (Å²) in [4.78, 5) is 21.5. The first kappa shape index (κ1) is 24.2. The van der Waals surface area contributed by atoms with Gasteiger partial charge in [0.25, 0.3) is 5.91 Å². The van der Waals surface area contributed by atoms with Crippen LogP contribution in [-0.4, -0.2) is 67.7 Å². The van der Waals surface area contributed by atoms with Crippen molar-refractivity contribution in [3.63, 3.8) is 0 Å². The van der Waals surface area contributed by atoms with E-state index in [1.165, 1.54) is 6.26 Å². The Bertz CT molecular complexity index is 937. The fraction of sp³-hybridized carbons (Fsp3) is 0.478. The number of nitrogens with zero attached hydrogens (tertiary/aromatic N) is 3. The van der Waals surface area contributed by atoms with Crippen molar-refractivity contribution >= 4 is 35.8 Å². The minimum atomic E-state index is -0.168. The van der Waals surface area contributed by atoms with Gasteiger partial charge in [-0.2, -0.15) is 0 Å². The molecule has 1 N–H and O–H groups in total. The number of benzene rings is 1. The first-order valence-corrected chi connectivity index (χ1v) is 10.7. The molecule has 2 aromatic rings. The number of hydrogen-bond donors (Lipinski definition) is 1. The van der Waals surface area contributed by atoms with Crippen LogP contribution in [0, 0.1) is 0 Å². The van der Waals surface area contributed by atoms with Gasteiger partial charge in [0.05, 0.1) is 12.8 Å². The average Bonchev–Trinajstić information content (AvgIpc) is 3.48. The van der Waals surface area contributed by atoms with Gasteiger partial charge in [-0.25, -0.2) is 0 Å². The van der Waals surface area contributed by atoms with Crippen LogP contribution in [-0.2, 0) is 5.41 Å². The molecule has 1 aromatic carbocycles. The zero-order chi connectivity index (χ0) is 21.8. The monoisotopic (exact) mass is 554 g/mol. The van der Waals surface area contributed by atoms with Crippen LogP contribution in [0.4, 0.5) is 0 Å². The number of furan rings is 1. The minimum absolute atomic E-state index is 0. The summed E-state index contributed by atoms with van der Waals surface area (Å²) in [5.74, 6) is 2.79. The van der Waals surface area contributed by atoms with E-state index >= 15 is 0 Å². The molecule has 1 aromatic heterocycles. The van der Waals surface area contributed by atoms with E-state index in [1.54, 1.807) is 12.1 Å². The van der Waals surface area contributed by atoms with Crippen molar-refractivity contribution in [1.82, 2.24) is 15.1 Å². The molecule has 8 nitrogen and oxygen atoms in total. The maximum atomic E-state index is 12.5. The molecule has 9 heteroatoms.